The fourth-order valence-electron chi connectivity index (χ4n) is 6.26. The van der Waals surface area contributed by atoms with Gasteiger partial charge in [0.15, 0.2) is 0 Å². The molecule has 0 saturated heterocycles. The first-order valence-electron chi connectivity index (χ1n) is 12.9. The molecule has 0 atom stereocenters. The van der Waals surface area contributed by atoms with Crippen molar-refractivity contribution >= 4 is 85.8 Å². The van der Waals surface area contributed by atoms with E-state index in [1.54, 1.807) is 0 Å². The molecule has 0 aliphatic rings. The van der Waals surface area contributed by atoms with E-state index >= 15 is 0 Å². The topological polar surface area (TPSA) is 13.1 Å². The maximum atomic E-state index is 6.05. The van der Waals surface area contributed by atoms with Crippen LogP contribution in [0.3, 0.4) is 0 Å². The van der Waals surface area contributed by atoms with E-state index in [1.807, 2.05) is 23.5 Å². The lowest BCUT2D eigenvalue weighted by Gasteiger charge is -2.10. The van der Waals surface area contributed by atoms with Gasteiger partial charge in [-0.05, 0) is 79.8 Å². The van der Waals surface area contributed by atoms with Crippen LogP contribution < -0.4 is 0 Å². The molecule has 0 amide bonds. The van der Waals surface area contributed by atoms with Crippen LogP contribution in [0.25, 0.3) is 85.6 Å². The van der Waals surface area contributed by atoms with E-state index in [-0.39, 0.29) is 0 Å². The number of furan rings is 1. The van der Waals surface area contributed by atoms with E-state index in [0.29, 0.717) is 0 Å². The second-order valence-corrected chi connectivity index (χ2v) is 11.2. The van der Waals surface area contributed by atoms with Gasteiger partial charge in [-0.1, -0.05) is 84.9 Å². The molecular formula is C36H20OS. The third kappa shape index (κ3) is 2.75. The zero-order valence-electron chi connectivity index (χ0n) is 20.4. The van der Waals surface area contributed by atoms with Gasteiger partial charge in [0.05, 0.1) is 0 Å². The number of fused-ring (bicyclic) bond motifs is 12. The van der Waals surface area contributed by atoms with Gasteiger partial charge in [-0.25, -0.2) is 0 Å². The number of rotatable bonds is 1. The number of benzene rings is 7. The van der Waals surface area contributed by atoms with E-state index in [9.17, 15) is 0 Å². The molecule has 0 N–H and O–H groups in total. The van der Waals surface area contributed by atoms with Crippen molar-refractivity contribution in [3.8, 4) is 11.1 Å². The summed E-state index contributed by atoms with van der Waals surface area (Å²) in [5.74, 6) is 0. The minimum atomic E-state index is 0.934. The molecule has 7 aromatic carbocycles. The minimum absolute atomic E-state index is 0.934. The van der Waals surface area contributed by atoms with Crippen molar-refractivity contribution in [3.05, 3.63) is 121 Å². The Balaban J connectivity index is 1.30. The van der Waals surface area contributed by atoms with Crippen molar-refractivity contribution in [1.29, 1.82) is 0 Å². The summed E-state index contributed by atoms with van der Waals surface area (Å²) in [6.45, 7) is 0. The maximum Gasteiger partial charge on any atom is 0.135 e. The van der Waals surface area contributed by atoms with Gasteiger partial charge in [0.1, 0.15) is 11.2 Å². The Morgan fingerprint density at radius 2 is 0.895 bits per heavy atom. The average molecular weight is 501 g/mol. The van der Waals surface area contributed by atoms with Crippen LogP contribution in [0.2, 0.25) is 0 Å². The van der Waals surface area contributed by atoms with E-state index < -0.39 is 0 Å². The smallest absolute Gasteiger partial charge is 0.135 e. The van der Waals surface area contributed by atoms with Crippen molar-refractivity contribution in [2.24, 2.45) is 0 Å². The number of para-hydroxylation sites is 1. The average Bonchev–Trinajstić information content (AvgIpc) is 3.53. The number of hydrogen-bond donors (Lipinski definition) is 0. The first kappa shape index (κ1) is 20.4. The van der Waals surface area contributed by atoms with Crippen LogP contribution in [0.5, 0.6) is 0 Å². The van der Waals surface area contributed by atoms with Crippen LogP contribution >= 0.6 is 11.3 Å². The van der Waals surface area contributed by atoms with Crippen LogP contribution in [0, 0.1) is 0 Å². The third-order valence-corrected chi connectivity index (χ3v) is 9.16. The molecule has 176 valence electrons. The molecule has 2 heteroatoms. The Morgan fingerprint density at radius 3 is 1.66 bits per heavy atom. The number of thiophene rings is 1. The first-order chi connectivity index (χ1) is 18.8. The molecule has 0 unspecified atom stereocenters. The van der Waals surface area contributed by atoms with E-state index in [2.05, 4.69) is 109 Å². The van der Waals surface area contributed by atoms with Crippen LogP contribution in [0.1, 0.15) is 0 Å². The highest BCUT2D eigenvalue weighted by Crippen LogP contribution is 2.43. The molecule has 0 radical (unpaired) electrons. The summed E-state index contributed by atoms with van der Waals surface area (Å²) in [7, 11) is 0. The molecule has 38 heavy (non-hydrogen) atoms. The molecule has 9 rings (SSSR count). The molecule has 0 bridgehead atoms. The van der Waals surface area contributed by atoms with Crippen LogP contribution in [-0.4, -0.2) is 0 Å². The Labute approximate surface area is 222 Å². The molecule has 2 aromatic heterocycles. The van der Waals surface area contributed by atoms with Gasteiger partial charge in [-0.3, -0.25) is 0 Å². The highest BCUT2D eigenvalue weighted by atomic mass is 32.1. The van der Waals surface area contributed by atoms with Gasteiger partial charge in [0.25, 0.3) is 0 Å². The minimum Gasteiger partial charge on any atom is -0.456 e. The Morgan fingerprint density at radius 1 is 0.342 bits per heavy atom. The van der Waals surface area contributed by atoms with Crippen molar-refractivity contribution < 1.29 is 4.42 Å². The van der Waals surface area contributed by atoms with Crippen LogP contribution in [0.15, 0.2) is 126 Å². The van der Waals surface area contributed by atoms with Gasteiger partial charge in [0.2, 0.25) is 0 Å². The second-order valence-electron chi connectivity index (χ2n) is 10.1. The molecular weight excluding hydrogens is 480 g/mol. The van der Waals surface area contributed by atoms with Gasteiger partial charge >= 0.3 is 0 Å². The summed E-state index contributed by atoms with van der Waals surface area (Å²) in [5, 5.41) is 12.9. The normalized spacial score (nSPS) is 12.2. The molecule has 1 nitrogen and oxygen atoms in total. The Bertz CT molecular complexity index is 2400. The van der Waals surface area contributed by atoms with Crippen molar-refractivity contribution in [2.75, 3.05) is 0 Å². The zero-order valence-corrected chi connectivity index (χ0v) is 21.2. The summed E-state index contributed by atoms with van der Waals surface area (Å²) in [6, 6.07) is 44.2. The van der Waals surface area contributed by atoms with Crippen LogP contribution in [-0.2, 0) is 0 Å². The Kier molecular flexibility index (Phi) is 3.99. The highest BCUT2D eigenvalue weighted by Gasteiger charge is 2.14. The maximum absolute atomic E-state index is 6.05. The van der Waals surface area contributed by atoms with Gasteiger partial charge in [0, 0.05) is 30.9 Å². The summed E-state index contributed by atoms with van der Waals surface area (Å²) in [5.41, 5.74) is 4.32. The Hall–Kier alpha value is -4.66. The molecule has 0 fully saturated rings. The molecule has 0 aliphatic carbocycles. The fraction of sp³-hybridized carbons (Fsp3) is 0. The van der Waals surface area contributed by atoms with Crippen molar-refractivity contribution in [3.63, 3.8) is 0 Å². The molecule has 2 heterocycles. The summed E-state index contributed by atoms with van der Waals surface area (Å²) in [4.78, 5) is 0. The van der Waals surface area contributed by atoms with Gasteiger partial charge in [-0.2, -0.15) is 0 Å². The lowest BCUT2D eigenvalue weighted by Crippen LogP contribution is -1.83. The van der Waals surface area contributed by atoms with Crippen molar-refractivity contribution in [1.82, 2.24) is 0 Å². The zero-order chi connectivity index (χ0) is 24.8. The quantitative estimate of drug-likeness (QED) is 0.204. The number of hydrogen-bond acceptors (Lipinski definition) is 2. The van der Waals surface area contributed by atoms with Crippen molar-refractivity contribution in [2.45, 2.75) is 0 Å². The van der Waals surface area contributed by atoms with Crippen LogP contribution in [0.4, 0.5) is 0 Å². The fourth-order valence-corrected chi connectivity index (χ4v) is 7.43. The first-order valence-corrected chi connectivity index (χ1v) is 13.7. The summed E-state index contributed by atoms with van der Waals surface area (Å²) < 4.78 is 8.71. The molecule has 0 aliphatic heterocycles. The van der Waals surface area contributed by atoms with E-state index in [4.69, 9.17) is 4.42 Å². The standard InChI is InChI=1S/C36H20OS/c1-3-9-25-23(7-1)24-8-2-4-10-26(24)30-20-36-32(19-29(25)30)28-15-13-22(18-35(28)38-36)21-14-16-34-31(17-21)27-11-5-6-12-33(27)37-34/h1-20H. The molecule has 0 saturated carbocycles. The predicted octanol–water partition coefficient (Wildman–Crippen LogP) is 11.1. The lowest BCUT2D eigenvalue weighted by atomic mass is 9.93. The second kappa shape index (κ2) is 7.44. The third-order valence-electron chi connectivity index (χ3n) is 8.05. The van der Waals surface area contributed by atoms with E-state index in [0.717, 1.165) is 11.2 Å². The summed E-state index contributed by atoms with van der Waals surface area (Å²) in [6.07, 6.45) is 0. The lowest BCUT2D eigenvalue weighted by molar-refractivity contribution is 0.669. The predicted molar refractivity (Wildman–Crippen MR) is 165 cm³/mol. The molecule has 9 aromatic rings. The summed E-state index contributed by atoms with van der Waals surface area (Å²) >= 11 is 1.89. The SMILES string of the molecule is c1ccc2c(c1)oc1ccc(-c3ccc4c(c3)sc3cc5c6ccccc6c6ccccc6c5cc34)cc12. The highest BCUT2D eigenvalue weighted by molar-refractivity contribution is 7.26. The molecule has 0 spiro atoms. The van der Waals surface area contributed by atoms with Gasteiger partial charge < -0.3 is 4.42 Å². The monoisotopic (exact) mass is 500 g/mol. The van der Waals surface area contributed by atoms with E-state index in [1.165, 1.54) is 74.4 Å². The van der Waals surface area contributed by atoms with Gasteiger partial charge in [-0.15, -0.1) is 11.3 Å². The largest absolute Gasteiger partial charge is 0.456 e.